The molecule has 0 spiro atoms. The minimum atomic E-state index is -1.25. The van der Waals surface area contributed by atoms with Crippen molar-refractivity contribution >= 4 is 57.2 Å². The van der Waals surface area contributed by atoms with Gasteiger partial charge in [-0.05, 0) is 61.6 Å². The first-order chi connectivity index (χ1) is 30.9. The minimum Gasteiger partial charge on any atom is -0.368 e. The lowest BCUT2D eigenvalue weighted by Gasteiger charge is -2.26. The first-order valence-corrected chi connectivity index (χ1v) is 21.3. The van der Waals surface area contributed by atoms with Gasteiger partial charge >= 0.3 is 0 Å². The molecule has 0 fully saturated rings. The number of hydrogen-bond acceptors (Lipinski definition) is 9. The van der Waals surface area contributed by atoms with Gasteiger partial charge in [0.05, 0.1) is 12.4 Å². The van der Waals surface area contributed by atoms with Gasteiger partial charge < -0.3 is 58.7 Å². The Labute approximate surface area is 369 Å². The zero-order valence-electron chi connectivity index (χ0n) is 35.6. The van der Waals surface area contributed by atoms with E-state index in [1.807, 2.05) is 54.6 Å². The monoisotopic (exact) mass is 872 g/mol. The van der Waals surface area contributed by atoms with Crippen molar-refractivity contribution in [3.63, 3.8) is 0 Å². The number of carbonyl (C=O) groups is 6. The molecule has 336 valence electrons. The number of nitrogens with zero attached hydrogens (tertiary/aromatic N) is 1. The molecule has 0 bridgehead atoms. The molecular weight excluding hydrogens is 817 g/mol. The number of aromatic amines is 3. The van der Waals surface area contributed by atoms with E-state index < -0.39 is 71.7 Å². The molecular formula is C46H56N12O6. The average molecular weight is 873 g/mol. The molecule has 6 amide bonds. The summed E-state index contributed by atoms with van der Waals surface area (Å²) < 4.78 is 0. The minimum absolute atomic E-state index is 0.00159. The van der Waals surface area contributed by atoms with E-state index in [0.717, 1.165) is 32.9 Å². The molecule has 3 aromatic heterocycles. The molecule has 0 saturated carbocycles. The molecule has 0 aliphatic rings. The van der Waals surface area contributed by atoms with E-state index in [9.17, 15) is 28.8 Å². The number of unbranched alkanes of at least 4 members (excludes halogenated alkanes) is 1. The summed E-state index contributed by atoms with van der Waals surface area (Å²) >= 11 is 0. The van der Waals surface area contributed by atoms with Crippen molar-refractivity contribution in [1.29, 1.82) is 0 Å². The van der Waals surface area contributed by atoms with Crippen LogP contribution in [0.3, 0.4) is 0 Å². The van der Waals surface area contributed by atoms with E-state index in [0.29, 0.717) is 30.6 Å². The predicted octanol–water partition coefficient (Wildman–Crippen LogP) is 1.03. The maximum Gasteiger partial charge on any atom is 0.243 e. The summed E-state index contributed by atoms with van der Waals surface area (Å²) in [4.78, 5) is 95.6. The number of aromatic nitrogens is 4. The van der Waals surface area contributed by atoms with Crippen molar-refractivity contribution < 1.29 is 28.8 Å². The highest BCUT2D eigenvalue weighted by atomic mass is 16.2. The van der Waals surface area contributed by atoms with Crippen molar-refractivity contribution in [1.82, 2.24) is 46.5 Å². The molecule has 0 saturated heterocycles. The van der Waals surface area contributed by atoms with Gasteiger partial charge in [0.1, 0.15) is 30.2 Å². The molecule has 0 unspecified atom stereocenters. The number of H-pyrrole nitrogens is 3. The van der Waals surface area contributed by atoms with E-state index in [-0.39, 0.29) is 32.1 Å². The van der Waals surface area contributed by atoms with Gasteiger partial charge in [-0.2, -0.15) is 0 Å². The van der Waals surface area contributed by atoms with Gasteiger partial charge in [0, 0.05) is 71.8 Å². The van der Waals surface area contributed by atoms with Crippen LogP contribution in [0.5, 0.6) is 0 Å². The molecule has 64 heavy (non-hydrogen) atoms. The Morgan fingerprint density at radius 3 is 1.67 bits per heavy atom. The standard InChI is InChI=1S/C46H56N12O6/c1-27(54-44(62)39(20-29-23-51-35-15-7-5-13-32(29)35)57-43(61)34(48)22-31-25-50-26-53-31)42(60)56-40(21-30-24-52-36-16-8-6-14-33(30)36)46(64)58-38(19-28-11-3-2-4-12-28)45(63)55-37(41(49)59)17-9-10-18-47/h2-8,11-16,23-27,34,37-40,51-52H,9-10,17-22,47-48H2,1H3,(H2,49,59)(H,50,53)(H,54,62)(H,55,63)(H,56,60)(H,57,61)(H,58,64)/t27-,34-,37+,38+,39+,40-/m0/s1. The van der Waals surface area contributed by atoms with Crippen LogP contribution in [0.4, 0.5) is 0 Å². The Morgan fingerprint density at radius 2 is 1.11 bits per heavy atom. The maximum atomic E-state index is 14.4. The fourth-order valence-electron chi connectivity index (χ4n) is 7.52. The molecule has 18 nitrogen and oxygen atoms in total. The highest BCUT2D eigenvalue weighted by Crippen LogP contribution is 2.21. The number of nitrogens with one attached hydrogen (secondary N) is 8. The Bertz CT molecular complexity index is 2520. The number of rotatable bonds is 23. The predicted molar refractivity (Wildman–Crippen MR) is 242 cm³/mol. The topological polar surface area (TPSA) is 301 Å². The number of para-hydroxylation sites is 2. The van der Waals surface area contributed by atoms with Crippen LogP contribution in [0.15, 0.2) is 104 Å². The lowest BCUT2D eigenvalue weighted by molar-refractivity contribution is -0.134. The number of amides is 6. The fraction of sp³-hybridized carbons (Fsp3) is 0.326. The van der Waals surface area contributed by atoms with Crippen LogP contribution in [0.1, 0.15) is 48.6 Å². The molecule has 18 heteroatoms. The zero-order valence-corrected chi connectivity index (χ0v) is 35.6. The van der Waals surface area contributed by atoms with E-state index in [1.165, 1.54) is 13.3 Å². The first-order valence-electron chi connectivity index (χ1n) is 21.3. The van der Waals surface area contributed by atoms with Gasteiger partial charge in [-0.3, -0.25) is 28.8 Å². The molecule has 0 aliphatic carbocycles. The number of hydrogen-bond donors (Lipinski definition) is 11. The van der Waals surface area contributed by atoms with Gasteiger partial charge in [-0.1, -0.05) is 66.7 Å². The van der Waals surface area contributed by atoms with Crippen molar-refractivity contribution in [2.45, 2.75) is 88.1 Å². The number of carbonyl (C=O) groups excluding carboxylic acids is 6. The summed E-state index contributed by atoms with van der Waals surface area (Å²) in [6, 6.07) is 17.2. The third-order valence-electron chi connectivity index (χ3n) is 11.1. The number of benzene rings is 3. The second kappa shape index (κ2) is 22.2. The van der Waals surface area contributed by atoms with Crippen molar-refractivity contribution in [2.75, 3.05) is 6.54 Å². The lowest BCUT2D eigenvalue weighted by atomic mass is 10.0. The summed E-state index contributed by atoms with van der Waals surface area (Å²) in [5.74, 6) is -4.02. The third kappa shape index (κ3) is 12.4. The van der Waals surface area contributed by atoms with Gasteiger partial charge in [0.15, 0.2) is 0 Å². The van der Waals surface area contributed by atoms with Crippen LogP contribution in [0.25, 0.3) is 21.8 Å². The second-order valence-corrected chi connectivity index (χ2v) is 15.9. The van der Waals surface area contributed by atoms with Crippen molar-refractivity contribution in [3.05, 3.63) is 126 Å². The van der Waals surface area contributed by atoms with E-state index in [1.54, 1.807) is 42.9 Å². The Kier molecular flexibility index (Phi) is 16.0. The molecule has 14 N–H and O–H groups in total. The van der Waals surface area contributed by atoms with Gasteiger partial charge in [-0.15, -0.1) is 0 Å². The summed E-state index contributed by atoms with van der Waals surface area (Å²) in [6.45, 7) is 1.87. The summed E-state index contributed by atoms with van der Waals surface area (Å²) in [6.07, 6.45) is 8.21. The summed E-state index contributed by atoms with van der Waals surface area (Å²) in [7, 11) is 0. The molecule has 0 aliphatic heterocycles. The van der Waals surface area contributed by atoms with Crippen LogP contribution < -0.4 is 43.8 Å². The molecule has 3 aromatic carbocycles. The maximum absolute atomic E-state index is 14.4. The highest BCUT2D eigenvalue weighted by Gasteiger charge is 2.33. The first kappa shape index (κ1) is 46.2. The Balaban J connectivity index is 1.22. The number of nitrogens with two attached hydrogens (primary N) is 3. The normalized spacial score (nSPS) is 14.1. The summed E-state index contributed by atoms with van der Waals surface area (Å²) in [5.41, 5.74) is 22.0. The molecule has 6 aromatic rings. The van der Waals surface area contributed by atoms with E-state index in [2.05, 4.69) is 46.5 Å². The quantitative estimate of drug-likeness (QED) is 0.0409. The van der Waals surface area contributed by atoms with Crippen LogP contribution in [-0.4, -0.2) is 98.2 Å². The highest BCUT2D eigenvalue weighted by molar-refractivity contribution is 5.97. The van der Waals surface area contributed by atoms with Crippen LogP contribution in [0, 0.1) is 0 Å². The fourth-order valence-corrected chi connectivity index (χ4v) is 7.52. The van der Waals surface area contributed by atoms with Crippen molar-refractivity contribution in [3.8, 4) is 0 Å². The second-order valence-electron chi connectivity index (χ2n) is 15.9. The van der Waals surface area contributed by atoms with Gasteiger partial charge in [0.25, 0.3) is 0 Å². The lowest BCUT2D eigenvalue weighted by Crippen LogP contribution is -2.59. The van der Waals surface area contributed by atoms with E-state index >= 15 is 0 Å². The third-order valence-corrected chi connectivity index (χ3v) is 11.1. The number of fused-ring (bicyclic) bond motifs is 2. The molecule has 6 atom stereocenters. The van der Waals surface area contributed by atoms with E-state index in [4.69, 9.17) is 17.2 Å². The number of primary amides is 1. The Hall–Kier alpha value is -7.31. The Morgan fingerprint density at radius 1 is 0.594 bits per heavy atom. The average Bonchev–Trinajstić information content (AvgIpc) is 4.06. The van der Waals surface area contributed by atoms with Crippen LogP contribution in [0.2, 0.25) is 0 Å². The smallest absolute Gasteiger partial charge is 0.243 e. The molecule has 3 heterocycles. The summed E-state index contributed by atoms with van der Waals surface area (Å²) in [5, 5.41) is 15.5. The molecule has 6 rings (SSSR count). The van der Waals surface area contributed by atoms with Crippen LogP contribution >= 0.6 is 0 Å². The van der Waals surface area contributed by atoms with Gasteiger partial charge in [0.2, 0.25) is 35.4 Å². The van der Waals surface area contributed by atoms with Crippen LogP contribution in [-0.2, 0) is 54.5 Å². The van der Waals surface area contributed by atoms with Gasteiger partial charge in [-0.25, -0.2) is 4.98 Å². The van der Waals surface area contributed by atoms with Crippen molar-refractivity contribution in [2.24, 2.45) is 17.2 Å². The molecule has 0 radical (unpaired) electrons. The number of imidazole rings is 1. The SMILES string of the molecule is C[C@H](NC(=O)[C@@H](Cc1c[nH]c2ccccc12)NC(=O)[C@@H](N)Cc1cnc[nH]1)C(=O)N[C@@H](Cc1c[nH]c2ccccc12)C(=O)N[C@H](Cc1ccccc1)C(=O)N[C@H](CCCCN)C(N)=O. The largest absolute Gasteiger partial charge is 0.368 e. The zero-order chi connectivity index (χ0) is 45.6.